The summed E-state index contributed by atoms with van der Waals surface area (Å²) in [4.78, 5) is 2.66. The predicted octanol–water partition coefficient (Wildman–Crippen LogP) is 3.71. The van der Waals surface area contributed by atoms with Crippen LogP contribution >= 0.6 is 0 Å². The van der Waals surface area contributed by atoms with Crippen LogP contribution in [0.3, 0.4) is 0 Å². The minimum absolute atomic E-state index is 0.697. The standard InChI is InChI=1S/C19H30N2/c1-15-8-4-5-9-19(15)17-12-18(13-17)20-14-16(2)21-10-6-3-7-11-21/h4-5,8-9,16-18,20H,3,6-7,10-14H2,1-2H3. The van der Waals surface area contributed by atoms with Gasteiger partial charge in [0.25, 0.3) is 0 Å². The Morgan fingerprint density at radius 2 is 1.86 bits per heavy atom. The topological polar surface area (TPSA) is 15.3 Å². The predicted molar refractivity (Wildman–Crippen MR) is 89.8 cm³/mol. The minimum atomic E-state index is 0.697. The highest BCUT2D eigenvalue weighted by Crippen LogP contribution is 2.38. The third kappa shape index (κ3) is 3.67. The van der Waals surface area contributed by atoms with Crippen LogP contribution in [0.2, 0.25) is 0 Å². The Balaban J connectivity index is 1.40. The SMILES string of the molecule is Cc1ccccc1C1CC(NCC(C)N2CCCCC2)C1. The highest BCUT2D eigenvalue weighted by Gasteiger charge is 2.31. The molecule has 21 heavy (non-hydrogen) atoms. The lowest BCUT2D eigenvalue weighted by Gasteiger charge is -2.39. The molecule has 1 heterocycles. The molecule has 0 amide bonds. The zero-order chi connectivity index (χ0) is 14.7. The normalized spacial score (nSPS) is 28.1. The molecule has 1 aromatic rings. The van der Waals surface area contributed by atoms with Crippen LogP contribution in [-0.4, -0.2) is 36.6 Å². The largest absolute Gasteiger partial charge is 0.312 e. The Bertz CT molecular complexity index is 445. The Hall–Kier alpha value is -0.860. The van der Waals surface area contributed by atoms with Gasteiger partial charge in [0.2, 0.25) is 0 Å². The van der Waals surface area contributed by atoms with E-state index in [9.17, 15) is 0 Å². The van der Waals surface area contributed by atoms with Crippen molar-refractivity contribution >= 4 is 0 Å². The second-order valence-corrected chi connectivity index (χ2v) is 7.08. The first-order valence-electron chi connectivity index (χ1n) is 8.77. The Labute approximate surface area is 129 Å². The van der Waals surface area contributed by atoms with Crippen molar-refractivity contribution in [3.8, 4) is 0 Å². The van der Waals surface area contributed by atoms with E-state index in [-0.39, 0.29) is 0 Å². The summed E-state index contributed by atoms with van der Waals surface area (Å²) in [5.74, 6) is 0.786. The van der Waals surface area contributed by atoms with E-state index >= 15 is 0 Å². The van der Waals surface area contributed by atoms with Crippen LogP contribution in [0.1, 0.15) is 56.1 Å². The van der Waals surface area contributed by atoms with Gasteiger partial charge in [-0.1, -0.05) is 30.7 Å². The molecule has 2 nitrogen and oxygen atoms in total. The zero-order valence-electron chi connectivity index (χ0n) is 13.6. The Morgan fingerprint density at radius 3 is 2.57 bits per heavy atom. The third-order valence-electron chi connectivity index (χ3n) is 5.48. The summed E-state index contributed by atoms with van der Waals surface area (Å²) in [5.41, 5.74) is 3.03. The van der Waals surface area contributed by atoms with Crippen molar-refractivity contribution in [3.05, 3.63) is 35.4 Å². The first-order valence-corrected chi connectivity index (χ1v) is 8.77. The van der Waals surface area contributed by atoms with Crippen LogP contribution < -0.4 is 5.32 Å². The lowest BCUT2D eigenvalue weighted by atomic mass is 9.74. The van der Waals surface area contributed by atoms with Crippen molar-refractivity contribution in [1.82, 2.24) is 10.2 Å². The van der Waals surface area contributed by atoms with E-state index in [4.69, 9.17) is 0 Å². The first-order chi connectivity index (χ1) is 10.2. The summed E-state index contributed by atoms with van der Waals surface area (Å²) in [7, 11) is 0. The maximum Gasteiger partial charge on any atom is 0.0192 e. The average molecular weight is 286 g/mol. The van der Waals surface area contributed by atoms with E-state index < -0.39 is 0 Å². The molecule has 1 N–H and O–H groups in total. The second kappa shape index (κ2) is 6.93. The van der Waals surface area contributed by atoms with E-state index in [0.717, 1.165) is 18.5 Å². The molecule has 1 unspecified atom stereocenters. The lowest BCUT2D eigenvalue weighted by molar-refractivity contribution is 0.160. The molecule has 1 aliphatic heterocycles. The van der Waals surface area contributed by atoms with Gasteiger partial charge in [-0.15, -0.1) is 0 Å². The molecule has 0 bridgehead atoms. The number of hydrogen-bond acceptors (Lipinski definition) is 2. The molecule has 2 aliphatic rings. The average Bonchev–Trinajstić information content (AvgIpc) is 2.48. The van der Waals surface area contributed by atoms with Gasteiger partial charge in [-0.2, -0.15) is 0 Å². The van der Waals surface area contributed by atoms with Gasteiger partial charge < -0.3 is 5.32 Å². The highest BCUT2D eigenvalue weighted by molar-refractivity contribution is 5.31. The van der Waals surface area contributed by atoms with Crippen LogP contribution in [-0.2, 0) is 0 Å². The molecule has 1 saturated heterocycles. The van der Waals surface area contributed by atoms with Crippen LogP contribution in [0.4, 0.5) is 0 Å². The summed E-state index contributed by atoms with van der Waals surface area (Å²) >= 11 is 0. The number of hydrogen-bond donors (Lipinski definition) is 1. The number of nitrogens with one attached hydrogen (secondary N) is 1. The van der Waals surface area contributed by atoms with Gasteiger partial charge in [0.15, 0.2) is 0 Å². The summed E-state index contributed by atoms with van der Waals surface area (Å²) in [6, 6.07) is 10.3. The second-order valence-electron chi connectivity index (χ2n) is 7.08. The van der Waals surface area contributed by atoms with E-state index in [1.807, 2.05) is 0 Å². The van der Waals surface area contributed by atoms with E-state index in [1.165, 1.54) is 50.8 Å². The van der Waals surface area contributed by atoms with Crippen molar-refractivity contribution in [1.29, 1.82) is 0 Å². The zero-order valence-corrected chi connectivity index (χ0v) is 13.6. The smallest absolute Gasteiger partial charge is 0.0192 e. The number of benzene rings is 1. The van der Waals surface area contributed by atoms with Gasteiger partial charge in [-0.25, -0.2) is 0 Å². The van der Waals surface area contributed by atoms with Crippen LogP contribution in [0, 0.1) is 6.92 Å². The summed E-state index contributed by atoms with van der Waals surface area (Å²) in [6.45, 7) is 8.40. The van der Waals surface area contributed by atoms with Crippen molar-refractivity contribution in [3.63, 3.8) is 0 Å². The minimum Gasteiger partial charge on any atom is -0.312 e. The van der Waals surface area contributed by atoms with Crippen LogP contribution in [0.25, 0.3) is 0 Å². The van der Waals surface area contributed by atoms with Crippen molar-refractivity contribution in [2.24, 2.45) is 0 Å². The maximum atomic E-state index is 3.79. The van der Waals surface area contributed by atoms with Crippen LogP contribution in [0.5, 0.6) is 0 Å². The van der Waals surface area contributed by atoms with Crippen molar-refractivity contribution in [2.45, 2.75) is 64.0 Å². The molecule has 2 fully saturated rings. The van der Waals surface area contributed by atoms with Gasteiger partial charge in [-0.05, 0) is 69.7 Å². The maximum absolute atomic E-state index is 3.79. The molecule has 0 aromatic heterocycles. The Kier molecular flexibility index (Phi) is 4.97. The molecule has 1 saturated carbocycles. The van der Waals surface area contributed by atoms with Gasteiger partial charge in [0, 0.05) is 18.6 Å². The number of aryl methyl sites for hydroxylation is 1. The molecular weight excluding hydrogens is 256 g/mol. The molecular formula is C19H30N2. The van der Waals surface area contributed by atoms with Gasteiger partial charge in [0.05, 0.1) is 0 Å². The molecule has 0 radical (unpaired) electrons. The molecule has 2 heteroatoms. The number of nitrogens with zero attached hydrogens (tertiary/aromatic N) is 1. The van der Waals surface area contributed by atoms with Gasteiger partial charge in [0.1, 0.15) is 0 Å². The van der Waals surface area contributed by atoms with Gasteiger partial charge >= 0.3 is 0 Å². The van der Waals surface area contributed by atoms with Crippen molar-refractivity contribution < 1.29 is 0 Å². The molecule has 1 aliphatic carbocycles. The lowest BCUT2D eigenvalue weighted by Crippen LogP contribution is -2.48. The first kappa shape index (κ1) is 15.1. The number of piperidine rings is 1. The van der Waals surface area contributed by atoms with E-state index in [1.54, 1.807) is 5.56 Å². The quantitative estimate of drug-likeness (QED) is 0.888. The molecule has 1 aromatic carbocycles. The summed E-state index contributed by atoms with van der Waals surface area (Å²) in [5, 5.41) is 3.79. The highest BCUT2D eigenvalue weighted by atomic mass is 15.2. The number of likely N-dealkylation sites (tertiary alicyclic amines) is 1. The number of rotatable bonds is 5. The van der Waals surface area contributed by atoms with Gasteiger partial charge in [-0.3, -0.25) is 4.90 Å². The molecule has 0 spiro atoms. The van der Waals surface area contributed by atoms with E-state index in [2.05, 4.69) is 48.3 Å². The fourth-order valence-electron chi connectivity index (χ4n) is 3.91. The summed E-state index contributed by atoms with van der Waals surface area (Å²) < 4.78 is 0. The molecule has 1 atom stereocenters. The molecule has 3 rings (SSSR count). The van der Waals surface area contributed by atoms with Crippen molar-refractivity contribution in [2.75, 3.05) is 19.6 Å². The molecule has 116 valence electrons. The fraction of sp³-hybridized carbons (Fsp3) is 0.684. The summed E-state index contributed by atoms with van der Waals surface area (Å²) in [6.07, 6.45) is 6.85. The fourth-order valence-corrected chi connectivity index (χ4v) is 3.91. The van der Waals surface area contributed by atoms with E-state index in [0.29, 0.717) is 6.04 Å². The Morgan fingerprint density at radius 1 is 1.14 bits per heavy atom. The van der Waals surface area contributed by atoms with Crippen LogP contribution in [0.15, 0.2) is 24.3 Å². The monoisotopic (exact) mass is 286 g/mol. The third-order valence-corrected chi connectivity index (χ3v) is 5.48.